The van der Waals surface area contributed by atoms with Crippen LogP contribution in [0.4, 0.5) is 5.69 Å². The lowest BCUT2D eigenvalue weighted by Gasteiger charge is -2.20. The van der Waals surface area contributed by atoms with Crippen LogP contribution in [0.3, 0.4) is 0 Å². The SMILES string of the molecule is CCN(CC)S(=O)(=O)c1cc(NCC(=O)N[C@@H](C)c2ccccc2)ccc1C. The van der Waals surface area contributed by atoms with Crippen molar-refractivity contribution in [1.82, 2.24) is 9.62 Å². The van der Waals surface area contributed by atoms with E-state index in [4.69, 9.17) is 0 Å². The van der Waals surface area contributed by atoms with Crippen molar-refractivity contribution in [2.45, 2.75) is 38.6 Å². The van der Waals surface area contributed by atoms with E-state index in [0.717, 1.165) is 5.56 Å². The van der Waals surface area contributed by atoms with Crippen LogP contribution in [0, 0.1) is 6.92 Å². The highest BCUT2D eigenvalue weighted by molar-refractivity contribution is 7.89. The van der Waals surface area contributed by atoms with E-state index in [0.29, 0.717) is 24.3 Å². The Bertz CT molecular complexity index is 894. The van der Waals surface area contributed by atoms with Gasteiger partial charge in [-0.1, -0.05) is 50.2 Å². The molecule has 1 amide bonds. The first kappa shape index (κ1) is 21.9. The number of benzene rings is 2. The first-order valence-electron chi connectivity index (χ1n) is 9.48. The molecule has 28 heavy (non-hydrogen) atoms. The predicted molar refractivity (Wildman–Crippen MR) is 113 cm³/mol. The number of anilines is 1. The second-order valence-corrected chi connectivity index (χ2v) is 8.53. The smallest absolute Gasteiger partial charge is 0.243 e. The molecule has 0 aliphatic rings. The van der Waals surface area contributed by atoms with Gasteiger partial charge in [-0.05, 0) is 37.1 Å². The predicted octanol–water partition coefficient (Wildman–Crippen LogP) is 3.31. The largest absolute Gasteiger partial charge is 0.376 e. The van der Waals surface area contributed by atoms with E-state index < -0.39 is 10.0 Å². The van der Waals surface area contributed by atoms with Crippen molar-refractivity contribution in [3.05, 3.63) is 59.7 Å². The Kier molecular flexibility index (Phi) is 7.60. The number of carbonyl (C=O) groups is 1. The molecule has 152 valence electrons. The maximum Gasteiger partial charge on any atom is 0.243 e. The Labute approximate surface area is 168 Å². The van der Waals surface area contributed by atoms with E-state index in [1.165, 1.54) is 4.31 Å². The highest BCUT2D eigenvalue weighted by Gasteiger charge is 2.23. The number of rotatable bonds is 9. The van der Waals surface area contributed by atoms with Crippen molar-refractivity contribution in [3.8, 4) is 0 Å². The quantitative estimate of drug-likeness (QED) is 0.673. The molecule has 7 heteroatoms. The van der Waals surface area contributed by atoms with Gasteiger partial charge >= 0.3 is 0 Å². The molecule has 0 fully saturated rings. The highest BCUT2D eigenvalue weighted by Crippen LogP contribution is 2.23. The second-order valence-electron chi connectivity index (χ2n) is 6.62. The zero-order valence-corrected chi connectivity index (χ0v) is 17.7. The molecule has 0 radical (unpaired) electrons. The van der Waals surface area contributed by atoms with Crippen molar-refractivity contribution in [3.63, 3.8) is 0 Å². The third-order valence-corrected chi connectivity index (χ3v) is 6.83. The van der Waals surface area contributed by atoms with Gasteiger partial charge < -0.3 is 10.6 Å². The van der Waals surface area contributed by atoms with E-state index >= 15 is 0 Å². The first-order chi connectivity index (χ1) is 13.3. The van der Waals surface area contributed by atoms with Crippen molar-refractivity contribution < 1.29 is 13.2 Å². The van der Waals surface area contributed by atoms with Crippen LogP contribution in [0.25, 0.3) is 0 Å². The van der Waals surface area contributed by atoms with Crippen LogP contribution < -0.4 is 10.6 Å². The molecule has 0 bridgehead atoms. The van der Waals surface area contributed by atoms with E-state index in [9.17, 15) is 13.2 Å². The maximum atomic E-state index is 12.8. The number of nitrogens with zero attached hydrogens (tertiary/aromatic N) is 1. The van der Waals surface area contributed by atoms with Crippen LogP contribution in [0.1, 0.15) is 37.9 Å². The minimum atomic E-state index is -3.56. The van der Waals surface area contributed by atoms with Crippen LogP contribution >= 0.6 is 0 Å². The molecule has 0 spiro atoms. The first-order valence-corrected chi connectivity index (χ1v) is 10.9. The Balaban J connectivity index is 2.06. The molecular weight excluding hydrogens is 374 g/mol. The topological polar surface area (TPSA) is 78.5 Å². The molecule has 0 aliphatic heterocycles. The number of hydrogen-bond acceptors (Lipinski definition) is 4. The Morgan fingerprint density at radius 2 is 1.71 bits per heavy atom. The molecule has 0 saturated heterocycles. The summed E-state index contributed by atoms with van der Waals surface area (Å²) >= 11 is 0. The standard InChI is InChI=1S/C21H29N3O3S/c1-5-24(6-2)28(26,27)20-14-19(13-12-16(20)3)22-15-21(25)23-17(4)18-10-8-7-9-11-18/h7-14,17,22H,5-6,15H2,1-4H3,(H,23,25)/t17-/m0/s1. The molecule has 1 atom stereocenters. The van der Waals surface area contributed by atoms with Gasteiger partial charge in [0, 0.05) is 18.8 Å². The summed E-state index contributed by atoms with van der Waals surface area (Å²) in [7, 11) is -3.56. The Morgan fingerprint density at radius 3 is 2.32 bits per heavy atom. The van der Waals surface area contributed by atoms with Gasteiger partial charge in [-0.3, -0.25) is 4.79 Å². The van der Waals surface area contributed by atoms with E-state index in [2.05, 4.69) is 10.6 Å². The lowest BCUT2D eigenvalue weighted by Crippen LogP contribution is -2.32. The third-order valence-electron chi connectivity index (χ3n) is 4.64. The van der Waals surface area contributed by atoms with Crippen molar-refractivity contribution >= 4 is 21.6 Å². The number of sulfonamides is 1. The fourth-order valence-corrected chi connectivity index (χ4v) is 4.70. The molecule has 0 saturated carbocycles. The van der Waals surface area contributed by atoms with Crippen LogP contribution in [0.5, 0.6) is 0 Å². The summed E-state index contributed by atoms with van der Waals surface area (Å²) in [5.41, 5.74) is 2.30. The van der Waals surface area contributed by atoms with Crippen molar-refractivity contribution in [1.29, 1.82) is 0 Å². The lowest BCUT2D eigenvalue weighted by atomic mass is 10.1. The molecule has 0 aliphatic carbocycles. The average Bonchev–Trinajstić information content (AvgIpc) is 2.68. The number of nitrogens with one attached hydrogen (secondary N) is 2. The molecule has 2 rings (SSSR count). The Morgan fingerprint density at radius 1 is 1.07 bits per heavy atom. The monoisotopic (exact) mass is 403 g/mol. The van der Waals surface area contributed by atoms with Gasteiger partial charge in [-0.15, -0.1) is 0 Å². The molecule has 2 aromatic carbocycles. The van der Waals surface area contributed by atoms with E-state index in [1.807, 2.05) is 51.1 Å². The number of hydrogen-bond donors (Lipinski definition) is 2. The van der Waals surface area contributed by atoms with Crippen LogP contribution in [-0.2, 0) is 14.8 Å². The van der Waals surface area contributed by atoms with Gasteiger partial charge in [0.25, 0.3) is 0 Å². The summed E-state index contributed by atoms with van der Waals surface area (Å²) in [4.78, 5) is 12.5. The van der Waals surface area contributed by atoms with Crippen LogP contribution in [-0.4, -0.2) is 38.3 Å². The fourth-order valence-electron chi connectivity index (χ4n) is 2.99. The molecule has 0 unspecified atom stereocenters. The summed E-state index contributed by atoms with van der Waals surface area (Å²) < 4.78 is 27.1. The van der Waals surface area contributed by atoms with Gasteiger partial charge in [0.2, 0.25) is 15.9 Å². The summed E-state index contributed by atoms with van der Waals surface area (Å²) in [6.07, 6.45) is 0. The molecule has 2 aromatic rings. The van der Waals surface area contributed by atoms with Crippen LogP contribution in [0.2, 0.25) is 0 Å². The normalized spacial score (nSPS) is 12.6. The minimum Gasteiger partial charge on any atom is -0.376 e. The van der Waals surface area contributed by atoms with E-state index in [-0.39, 0.29) is 23.4 Å². The van der Waals surface area contributed by atoms with Gasteiger partial charge in [0.1, 0.15) is 0 Å². The summed E-state index contributed by atoms with van der Waals surface area (Å²) in [6, 6.07) is 14.7. The zero-order chi connectivity index (χ0) is 20.7. The lowest BCUT2D eigenvalue weighted by molar-refractivity contribution is -0.120. The van der Waals surface area contributed by atoms with E-state index in [1.54, 1.807) is 25.1 Å². The molecule has 2 N–H and O–H groups in total. The third kappa shape index (κ3) is 5.33. The average molecular weight is 404 g/mol. The van der Waals surface area contributed by atoms with Gasteiger partial charge in [0.15, 0.2) is 0 Å². The fraction of sp³-hybridized carbons (Fsp3) is 0.381. The highest BCUT2D eigenvalue weighted by atomic mass is 32.2. The maximum absolute atomic E-state index is 12.8. The molecule has 6 nitrogen and oxygen atoms in total. The van der Waals surface area contributed by atoms with Crippen LogP contribution in [0.15, 0.2) is 53.4 Å². The van der Waals surface area contributed by atoms with Gasteiger partial charge in [-0.2, -0.15) is 4.31 Å². The van der Waals surface area contributed by atoms with Gasteiger partial charge in [0.05, 0.1) is 17.5 Å². The van der Waals surface area contributed by atoms with Crippen molar-refractivity contribution in [2.75, 3.05) is 25.0 Å². The number of carbonyl (C=O) groups excluding carboxylic acids is 1. The number of amides is 1. The Hall–Kier alpha value is -2.38. The molecule has 0 heterocycles. The van der Waals surface area contributed by atoms with Gasteiger partial charge in [-0.25, -0.2) is 8.42 Å². The summed E-state index contributed by atoms with van der Waals surface area (Å²) in [6.45, 7) is 8.21. The zero-order valence-electron chi connectivity index (χ0n) is 16.9. The summed E-state index contributed by atoms with van der Waals surface area (Å²) in [5, 5.41) is 5.95. The molecule has 0 aromatic heterocycles. The minimum absolute atomic E-state index is 0.0605. The second kappa shape index (κ2) is 9.71. The van der Waals surface area contributed by atoms with Crippen molar-refractivity contribution in [2.24, 2.45) is 0 Å². The number of aryl methyl sites for hydroxylation is 1. The molecular formula is C21H29N3O3S. The summed E-state index contributed by atoms with van der Waals surface area (Å²) in [5.74, 6) is -0.162.